The van der Waals surface area contributed by atoms with E-state index in [1.807, 2.05) is 18.3 Å². The highest BCUT2D eigenvalue weighted by atomic mass is 16.5. The van der Waals surface area contributed by atoms with Crippen LogP contribution >= 0.6 is 0 Å². The molecule has 90 valence electrons. The summed E-state index contributed by atoms with van der Waals surface area (Å²) in [5.41, 5.74) is 6.59. The van der Waals surface area contributed by atoms with Gasteiger partial charge in [-0.15, -0.1) is 0 Å². The summed E-state index contributed by atoms with van der Waals surface area (Å²) in [5, 5.41) is 1.08. The monoisotopic (exact) mass is 234 g/mol. The van der Waals surface area contributed by atoms with Crippen LogP contribution in [0.2, 0.25) is 0 Å². The van der Waals surface area contributed by atoms with Crippen LogP contribution in [0.15, 0.2) is 30.5 Å². The van der Waals surface area contributed by atoms with Crippen LogP contribution in [-0.4, -0.2) is 24.0 Å². The van der Waals surface area contributed by atoms with E-state index in [1.54, 1.807) is 19.1 Å². The van der Waals surface area contributed by atoms with Crippen molar-refractivity contribution in [3.63, 3.8) is 0 Å². The van der Waals surface area contributed by atoms with Crippen LogP contribution in [0.25, 0.3) is 10.9 Å². The molecule has 0 spiro atoms. The van der Waals surface area contributed by atoms with Crippen molar-refractivity contribution >= 4 is 23.3 Å². The second kappa shape index (κ2) is 6.32. The van der Waals surface area contributed by atoms with Crippen molar-refractivity contribution in [2.45, 2.75) is 6.92 Å². The quantitative estimate of drug-likeness (QED) is 0.788. The molecule has 3 N–H and O–H groups in total. The summed E-state index contributed by atoms with van der Waals surface area (Å²) in [6.45, 7) is 2.66. The SMILES string of the molecule is CCOC=O.NC(=O)c1ccc2cc[nH]c2c1. The third kappa shape index (κ3) is 3.64. The molecule has 0 radical (unpaired) electrons. The maximum Gasteiger partial charge on any atom is 0.293 e. The molecular weight excluding hydrogens is 220 g/mol. The van der Waals surface area contributed by atoms with E-state index in [2.05, 4.69) is 9.72 Å². The number of ether oxygens (including phenoxy) is 1. The van der Waals surface area contributed by atoms with Gasteiger partial charge >= 0.3 is 0 Å². The molecule has 0 aliphatic carbocycles. The first-order valence-corrected chi connectivity index (χ1v) is 5.11. The predicted molar refractivity (Wildman–Crippen MR) is 64.5 cm³/mol. The van der Waals surface area contributed by atoms with Gasteiger partial charge in [-0.2, -0.15) is 0 Å². The number of fused-ring (bicyclic) bond motifs is 1. The summed E-state index contributed by atoms with van der Waals surface area (Å²) >= 11 is 0. The highest BCUT2D eigenvalue weighted by Crippen LogP contribution is 2.13. The Morgan fingerprint density at radius 2 is 2.24 bits per heavy atom. The molecule has 0 aliphatic heterocycles. The molecule has 5 heteroatoms. The third-order valence-corrected chi connectivity index (χ3v) is 2.07. The molecule has 17 heavy (non-hydrogen) atoms. The second-order valence-electron chi connectivity index (χ2n) is 3.20. The van der Waals surface area contributed by atoms with Crippen LogP contribution in [0.4, 0.5) is 0 Å². The highest BCUT2D eigenvalue weighted by Gasteiger charge is 2.00. The zero-order valence-corrected chi connectivity index (χ0v) is 9.47. The molecule has 0 bridgehead atoms. The second-order valence-corrected chi connectivity index (χ2v) is 3.20. The van der Waals surface area contributed by atoms with Crippen molar-refractivity contribution in [1.29, 1.82) is 0 Å². The Balaban J connectivity index is 0.000000249. The minimum Gasteiger partial charge on any atom is -0.468 e. The van der Waals surface area contributed by atoms with Gasteiger partial charge < -0.3 is 15.5 Å². The summed E-state index contributed by atoms with van der Waals surface area (Å²) in [6, 6.07) is 7.28. The van der Waals surface area contributed by atoms with E-state index in [1.165, 1.54) is 0 Å². The number of hydrogen-bond donors (Lipinski definition) is 2. The van der Waals surface area contributed by atoms with Crippen LogP contribution in [0.3, 0.4) is 0 Å². The molecule has 0 aliphatic rings. The van der Waals surface area contributed by atoms with Gasteiger partial charge in [0.05, 0.1) is 6.61 Å². The van der Waals surface area contributed by atoms with Crippen LogP contribution < -0.4 is 5.73 Å². The summed E-state index contributed by atoms with van der Waals surface area (Å²) < 4.78 is 4.15. The first-order valence-electron chi connectivity index (χ1n) is 5.11. The molecule has 1 aromatic heterocycles. The van der Waals surface area contributed by atoms with Crippen molar-refractivity contribution in [1.82, 2.24) is 4.98 Å². The normalized spacial score (nSPS) is 9.24. The number of benzene rings is 1. The van der Waals surface area contributed by atoms with Gasteiger partial charge in [0, 0.05) is 17.3 Å². The number of nitrogens with two attached hydrogens (primary N) is 1. The van der Waals surface area contributed by atoms with Crippen LogP contribution in [0.1, 0.15) is 17.3 Å². The number of aromatic nitrogens is 1. The van der Waals surface area contributed by atoms with E-state index >= 15 is 0 Å². The standard InChI is InChI=1S/C9H8N2O.C3H6O2/c10-9(12)7-2-1-6-3-4-11-8(6)5-7;1-2-5-3-4/h1-5,11H,(H2,10,12);3H,2H2,1H3. The van der Waals surface area contributed by atoms with Gasteiger partial charge in [0.15, 0.2) is 0 Å². The molecule has 0 saturated heterocycles. The predicted octanol–water partition coefficient (Wildman–Crippen LogP) is 1.45. The Labute approximate surface area is 98.6 Å². The lowest BCUT2D eigenvalue weighted by atomic mass is 10.1. The zero-order chi connectivity index (χ0) is 12.7. The summed E-state index contributed by atoms with van der Waals surface area (Å²) in [4.78, 5) is 23.0. The van der Waals surface area contributed by atoms with E-state index in [0.29, 0.717) is 18.6 Å². The molecule has 1 amide bonds. The van der Waals surface area contributed by atoms with Crippen LogP contribution in [0, 0.1) is 0 Å². The van der Waals surface area contributed by atoms with Gasteiger partial charge in [0.1, 0.15) is 0 Å². The van der Waals surface area contributed by atoms with Crippen molar-refractivity contribution in [2.75, 3.05) is 6.61 Å². The van der Waals surface area contributed by atoms with E-state index in [4.69, 9.17) is 5.73 Å². The minimum absolute atomic E-state index is 0.397. The average Bonchev–Trinajstić information content (AvgIpc) is 2.77. The molecular formula is C12H14N2O3. The number of carbonyl (C=O) groups excluding carboxylic acids is 2. The molecule has 0 unspecified atom stereocenters. The number of H-pyrrole nitrogens is 1. The van der Waals surface area contributed by atoms with Crippen molar-refractivity contribution in [3.05, 3.63) is 36.0 Å². The molecule has 2 rings (SSSR count). The van der Waals surface area contributed by atoms with Crippen LogP contribution in [-0.2, 0) is 9.53 Å². The Morgan fingerprint density at radius 3 is 2.76 bits per heavy atom. The zero-order valence-electron chi connectivity index (χ0n) is 9.47. The Bertz CT molecular complexity index is 505. The van der Waals surface area contributed by atoms with Gasteiger partial charge in [-0.05, 0) is 30.5 Å². The topological polar surface area (TPSA) is 85.2 Å². The molecule has 2 aromatic rings. The molecule has 0 fully saturated rings. The largest absolute Gasteiger partial charge is 0.468 e. The number of carbonyl (C=O) groups is 2. The fourth-order valence-electron chi connectivity index (χ4n) is 1.27. The third-order valence-electron chi connectivity index (χ3n) is 2.07. The van der Waals surface area contributed by atoms with Crippen LogP contribution in [0.5, 0.6) is 0 Å². The highest BCUT2D eigenvalue weighted by molar-refractivity contribution is 5.96. The lowest BCUT2D eigenvalue weighted by Gasteiger charge is -1.94. The van der Waals surface area contributed by atoms with Gasteiger partial charge in [-0.3, -0.25) is 9.59 Å². The van der Waals surface area contributed by atoms with E-state index in [0.717, 1.165) is 10.9 Å². The molecule has 1 aromatic carbocycles. The molecule has 0 atom stereocenters. The van der Waals surface area contributed by atoms with Gasteiger partial charge in [-0.25, -0.2) is 0 Å². The molecule has 0 saturated carbocycles. The van der Waals surface area contributed by atoms with Gasteiger partial charge in [-0.1, -0.05) is 6.07 Å². The summed E-state index contributed by atoms with van der Waals surface area (Å²) in [7, 11) is 0. The number of amides is 1. The summed E-state index contributed by atoms with van der Waals surface area (Å²) in [6.07, 6.45) is 1.83. The van der Waals surface area contributed by atoms with Crippen molar-refractivity contribution in [3.8, 4) is 0 Å². The first-order chi connectivity index (χ1) is 8.19. The fourth-order valence-corrected chi connectivity index (χ4v) is 1.27. The molecule has 5 nitrogen and oxygen atoms in total. The number of hydrogen-bond acceptors (Lipinski definition) is 3. The van der Waals surface area contributed by atoms with E-state index < -0.39 is 5.91 Å². The lowest BCUT2D eigenvalue weighted by molar-refractivity contribution is -0.128. The smallest absolute Gasteiger partial charge is 0.293 e. The van der Waals surface area contributed by atoms with E-state index in [-0.39, 0.29) is 0 Å². The van der Waals surface area contributed by atoms with Gasteiger partial charge in [0.2, 0.25) is 5.91 Å². The van der Waals surface area contributed by atoms with Gasteiger partial charge in [0.25, 0.3) is 6.47 Å². The molecule has 1 heterocycles. The fraction of sp³-hybridized carbons (Fsp3) is 0.167. The Morgan fingerprint density at radius 1 is 1.47 bits per heavy atom. The summed E-state index contributed by atoms with van der Waals surface area (Å²) in [5.74, 6) is -0.397. The Hall–Kier alpha value is -2.30. The number of nitrogens with one attached hydrogen (secondary N) is 1. The van der Waals surface area contributed by atoms with E-state index in [9.17, 15) is 9.59 Å². The number of primary amides is 1. The number of rotatable bonds is 3. The maximum absolute atomic E-state index is 10.8. The Kier molecular flexibility index (Phi) is 4.75. The minimum atomic E-state index is -0.397. The maximum atomic E-state index is 10.8. The lowest BCUT2D eigenvalue weighted by Crippen LogP contribution is -2.10. The average molecular weight is 234 g/mol. The van der Waals surface area contributed by atoms with Crippen molar-refractivity contribution < 1.29 is 14.3 Å². The number of aromatic amines is 1. The van der Waals surface area contributed by atoms with Crippen molar-refractivity contribution in [2.24, 2.45) is 5.73 Å². The first kappa shape index (κ1) is 12.8.